The van der Waals surface area contributed by atoms with E-state index in [1.807, 2.05) is 25.1 Å². The molecule has 2 aromatic rings. The van der Waals surface area contributed by atoms with Crippen LogP contribution in [0.4, 0.5) is 0 Å². The van der Waals surface area contributed by atoms with Crippen molar-refractivity contribution in [2.24, 2.45) is 0 Å². The normalized spacial score (nSPS) is 10.6. The Labute approximate surface area is 174 Å². The molecule has 0 atom stereocenters. The summed E-state index contributed by atoms with van der Waals surface area (Å²) < 4.78 is 11.0. The SMILES string of the molecule is CCCCCOc1ccc([P-]C(=O)c2c(Cl)cccc2OC)c(C)c1.[Li+]. The number of carbonyl (C=O) groups excluding carboxylic acids is 1. The first-order chi connectivity index (χ1) is 12.1. The van der Waals surface area contributed by atoms with E-state index < -0.39 is 0 Å². The maximum atomic E-state index is 12.7. The van der Waals surface area contributed by atoms with Gasteiger partial charge in [0.25, 0.3) is 0 Å². The van der Waals surface area contributed by atoms with E-state index in [-0.39, 0.29) is 24.4 Å². The van der Waals surface area contributed by atoms with Gasteiger partial charge in [-0.1, -0.05) is 49.1 Å². The Bertz CT molecular complexity index is 737. The Hall–Kier alpha value is -0.973. The molecule has 0 unspecified atom stereocenters. The molecular weight excluding hydrogens is 362 g/mol. The molecule has 0 bridgehead atoms. The minimum absolute atomic E-state index is 0. The largest absolute Gasteiger partial charge is 1.00 e. The number of aryl methyl sites for hydroxylation is 1. The van der Waals surface area contributed by atoms with Gasteiger partial charge < -0.3 is 22.8 Å². The zero-order valence-electron chi connectivity index (χ0n) is 15.8. The number of unbranched alkanes of at least 4 members (excludes halogenated alkanes) is 2. The number of carbonyl (C=O) groups is 1. The molecule has 2 rings (SSSR count). The van der Waals surface area contributed by atoms with Gasteiger partial charge in [0.15, 0.2) is 0 Å². The standard InChI is InChI=1S/C20H23ClO3P.Li/c1-4-5-6-12-24-15-10-11-18(14(2)13-15)25-20(22)19-16(21)8-7-9-17(19)23-3;/h7-11,13H,4-6,12H2,1-3H3;/q-1;+1. The van der Waals surface area contributed by atoms with Crippen molar-refractivity contribution in [2.45, 2.75) is 33.1 Å². The maximum absolute atomic E-state index is 12.7. The van der Waals surface area contributed by atoms with Crippen molar-refractivity contribution in [3.63, 3.8) is 0 Å². The minimum Gasteiger partial charge on any atom is -0.496 e. The van der Waals surface area contributed by atoms with Crippen LogP contribution in [0.5, 0.6) is 11.5 Å². The number of ether oxygens (including phenoxy) is 2. The van der Waals surface area contributed by atoms with Crippen molar-refractivity contribution < 1.29 is 33.1 Å². The van der Waals surface area contributed by atoms with Crippen LogP contribution in [-0.2, 0) is 0 Å². The molecule has 0 radical (unpaired) electrons. The van der Waals surface area contributed by atoms with Gasteiger partial charge >= 0.3 is 18.9 Å². The fraction of sp³-hybridized carbons (Fsp3) is 0.350. The van der Waals surface area contributed by atoms with Crippen molar-refractivity contribution in [3.8, 4) is 11.5 Å². The van der Waals surface area contributed by atoms with Crippen LogP contribution in [0.2, 0.25) is 5.02 Å². The first-order valence-electron chi connectivity index (χ1n) is 8.38. The van der Waals surface area contributed by atoms with Gasteiger partial charge in [-0.05, 0) is 37.6 Å². The molecule has 2 aromatic carbocycles. The number of rotatable bonds is 9. The fourth-order valence-corrected chi connectivity index (χ4v) is 3.70. The first kappa shape index (κ1) is 23.1. The van der Waals surface area contributed by atoms with Crippen molar-refractivity contribution in [3.05, 3.63) is 52.5 Å². The quantitative estimate of drug-likeness (QED) is 0.379. The van der Waals surface area contributed by atoms with Crippen LogP contribution in [0.1, 0.15) is 42.1 Å². The molecule has 3 nitrogen and oxygen atoms in total. The second kappa shape index (κ2) is 11.7. The van der Waals surface area contributed by atoms with Gasteiger partial charge in [0.1, 0.15) is 11.5 Å². The van der Waals surface area contributed by atoms with Crippen LogP contribution in [0, 0.1) is 6.92 Å². The molecule has 0 amide bonds. The zero-order chi connectivity index (χ0) is 18.2. The van der Waals surface area contributed by atoms with Gasteiger partial charge in [-0.25, -0.2) is 0 Å². The molecule has 0 aromatic heterocycles. The van der Waals surface area contributed by atoms with Crippen LogP contribution in [0.3, 0.4) is 0 Å². The summed E-state index contributed by atoms with van der Waals surface area (Å²) in [7, 11) is 2.11. The summed E-state index contributed by atoms with van der Waals surface area (Å²) in [5.74, 6) is 1.34. The average molecular weight is 385 g/mol. The second-order valence-corrected chi connectivity index (χ2v) is 7.26. The van der Waals surface area contributed by atoms with Crippen molar-refractivity contribution in [2.75, 3.05) is 13.7 Å². The molecule has 0 heterocycles. The summed E-state index contributed by atoms with van der Waals surface area (Å²) in [5.41, 5.74) is 1.36. The van der Waals surface area contributed by atoms with Gasteiger partial charge in [0.05, 0.1) is 18.7 Å². The van der Waals surface area contributed by atoms with E-state index in [0.717, 1.165) is 29.6 Å². The molecule has 0 aliphatic heterocycles. The van der Waals surface area contributed by atoms with Gasteiger partial charge in [0, 0.05) is 11.1 Å². The molecule has 0 N–H and O–H groups in total. The van der Waals surface area contributed by atoms with E-state index in [9.17, 15) is 4.79 Å². The zero-order valence-corrected chi connectivity index (χ0v) is 17.5. The number of hydrogen-bond acceptors (Lipinski definition) is 3. The van der Waals surface area contributed by atoms with Crippen molar-refractivity contribution in [1.82, 2.24) is 0 Å². The molecule has 134 valence electrons. The van der Waals surface area contributed by atoms with Gasteiger partial charge in [0.2, 0.25) is 0 Å². The predicted octanol–water partition coefficient (Wildman–Crippen LogP) is 2.64. The van der Waals surface area contributed by atoms with Crippen LogP contribution < -0.4 is 33.6 Å². The number of benzene rings is 2. The number of methoxy groups -OCH3 is 1. The molecule has 0 aliphatic carbocycles. The third-order valence-electron chi connectivity index (χ3n) is 3.82. The Morgan fingerprint density at radius 1 is 1.19 bits per heavy atom. The Morgan fingerprint density at radius 2 is 1.96 bits per heavy atom. The van der Waals surface area contributed by atoms with Crippen molar-refractivity contribution >= 4 is 31.0 Å². The van der Waals surface area contributed by atoms with Crippen LogP contribution in [0.25, 0.3) is 0 Å². The molecule has 0 aliphatic rings. The monoisotopic (exact) mass is 384 g/mol. The minimum atomic E-state index is -0.0813. The maximum Gasteiger partial charge on any atom is 1.00 e. The summed E-state index contributed by atoms with van der Waals surface area (Å²) in [4.78, 5) is 12.7. The molecule has 0 fully saturated rings. The Balaban J connectivity index is 0.00000338. The summed E-state index contributed by atoms with van der Waals surface area (Å²) in [6, 6.07) is 11.0. The fourth-order valence-electron chi connectivity index (χ4n) is 2.43. The van der Waals surface area contributed by atoms with Crippen LogP contribution in [-0.4, -0.2) is 19.2 Å². The second-order valence-electron chi connectivity index (χ2n) is 5.74. The third-order valence-corrected chi connectivity index (χ3v) is 5.30. The molecular formula is C20H23ClLiO3P. The number of halogens is 1. The van der Waals surface area contributed by atoms with Gasteiger partial charge in [-0.15, -0.1) is 0 Å². The van der Waals surface area contributed by atoms with E-state index in [1.54, 1.807) is 18.2 Å². The summed E-state index contributed by atoms with van der Waals surface area (Å²) in [6.07, 6.45) is 3.40. The number of hydrogen-bond donors (Lipinski definition) is 0. The molecule has 26 heavy (non-hydrogen) atoms. The van der Waals surface area contributed by atoms with E-state index in [0.29, 0.717) is 24.9 Å². The van der Waals surface area contributed by atoms with E-state index in [2.05, 4.69) is 6.92 Å². The van der Waals surface area contributed by atoms with Crippen LogP contribution in [0.15, 0.2) is 36.4 Å². The van der Waals surface area contributed by atoms with E-state index >= 15 is 0 Å². The Morgan fingerprint density at radius 3 is 2.62 bits per heavy atom. The van der Waals surface area contributed by atoms with Crippen LogP contribution >= 0.6 is 20.2 Å². The molecule has 0 saturated carbocycles. The Kier molecular flexibility index (Phi) is 10.4. The van der Waals surface area contributed by atoms with E-state index in [1.165, 1.54) is 20.0 Å². The van der Waals surface area contributed by atoms with E-state index in [4.69, 9.17) is 21.1 Å². The average Bonchev–Trinajstić information content (AvgIpc) is 2.60. The molecule has 0 saturated heterocycles. The summed E-state index contributed by atoms with van der Waals surface area (Å²) in [5, 5.41) is 1.35. The van der Waals surface area contributed by atoms with Gasteiger partial charge in [-0.3, -0.25) is 0 Å². The third kappa shape index (κ3) is 6.33. The first-order valence-corrected chi connectivity index (χ1v) is 9.66. The van der Waals surface area contributed by atoms with Gasteiger partial charge in [-0.2, -0.15) is 5.30 Å². The topological polar surface area (TPSA) is 35.5 Å². The summed E-state index contributed by atoms with van der Waals surface area (Å²) >= 11 is 6.19. The molecule has 6 heteroatoms. The summed E-state index contributed by atoms with van der Waals surface area (Å²) in [6.45, 7) is 4.88. The smallest absolute Gasteiger partial charge is 0.496 e. The predicted molar refractivity (Wildman–Crippen MR) is 105 cm³/mol. The van der Waals surface area contributed by atoms with Crippen molar-refractivity contribution in [1.29, 1.82) is 0 Å². The molecule has 0 spiro atoms.